The average Bonchev–Trinajstić information content (AvgIpc) is 3.20. The zero-order valence-electron chi connectivity index (χ0n) is 18.5. The second-order valence-corrected chi connectivity index (χ2v) is 9.44. The van der Waals surface area contributed by atoms with Crippen LogP contribution in [0, 0.1) is 0 Å². The van der Waals surface area contributed by atoms with E-state index in [1.807, 2.05) is 11.5 Å². The third kappa shape index (κ3) is 4.97. The molecule has 0 atom stereocenters. The molecule has 0 N–H and O–H groups in total. The summed E-state index contributed by atoms with van der Waals surface area (Å²) in [6, 6.07) is 6.59. The fourth-order valence-electron chi connectivity index (χ4n) is 3.66. The summed E-state index contributed by atoms with van der Waals surface area (Å²) in [6.45, 7) is 3.91. The maximum atomic E-state index is 13.0. The Morgan fingerprint density at radius 2 is 1.94 bits per heavy atom. The van der Waals surface area contributed by atoms with E-state index < -0.39 is 16.0 Å². The number of aromatic nitrogens is 4. The third-order valence-electron chi connectivity index (χ3n) is 5.34. The van der Waals surface area contributed by atoms with E-state index in [1.54, 1.807) is 48.6 Å². The Hall–Kier alpha value is -3.09. The molecule has 11 nitrogen and oxygen atoms in total. The van der Waals surface area contributed by atoms with Crippen LogP contribution in [-0.4, -0.2) is 78.1 Å². The number of carbonyl (C=O) groups is 1. The van der Waals surface area contributed by atoms with Crippen LogP contribution < -0.4 is 4.90 Å². The predicted molar refractivity (Wildman–Crippen MR) is 120 cm³/mol. The predicted octanol–water partition coefficient (Wildman–Crippen LogP) is 1.05. The van der Waals surface area contributed by atoms with Gasteiger partial charge in [-0.3, -0.25) is 4.79 Å². The standard InChI is InChI=1S/C21H26N6O5S/c1-3-27-18-6-5-16(33(29,30)26-9-11-31-12-10-26)13-17(18)24-19(27)15-32-20(28)14-25(2)21-22-7-4-8-23-21/h4-8,13H,3,9-12,14-15H2,1-2H3. The molecular weight excluding hydrogens is 448 g/mol. The fourth-order valence-corrected chi connectivity index (χ4v) is 5.09. The van der Waals surface area contributed by atoms with Crippen LogP contribution in [0.4, 0.5) is 5.95 Å². The van der Waals surface area contributed by atoms with Crippen molar-refractivity contribution in [2.75, 3.05) is 44.8 Å². The Kier molecular flexibility index (Phi) is 6.86. The number of likely N-dealkylation sites (N-methyl/N-ethyl adjacent to an activating group) is 1. The highest BCUT2D eigenvalue weighted by Crippen LogP contribution is 2.24. The molecule has 1 aromatic carbocycles. The Morgan fingerprint density at radius 1 is 1.21 bits per heavy atom. The summed E-state index contributed by atoms with van der Waals surface area (Å²) in [6.07, 6.45) is 3.20. The SMILES string of the molecule is CCn1c(COC(=O)CN(C)c2ncccn2)nc2cc(S(=O)(=O)N3CCOCC3)ccc21. The van der Waals surface area contributed by atoms with Gasteiger partial charge in [-0.1, -0.05) is 0 Å². The number of rotatable bonds is 8. The molecule has 0 bridgehead atoms. The number of hydrogen-bond acceptors (Lipinski definition) is 9. The van der Waals surface area contributed by atoms with Gasteiger partial charge in [0.2, 0.25) is 16.0 Å². The van der Waals surface area contributed by atoms with Gasteiger partial charge < -0.3 is 18.9 Å². The summed E-state index contributed by atoms with van der Waals surface area (Å²) in [5.74, 6) is 0.514. The monoisotopic (exact) mass is 474 g/mol. The van der Waals surface area contributed by atoms with Gasteiger partial charge in [-0.25, -0.2) is 23.4 Å². The summed E-state index contributed by atoms with van der Waals surface area (Å²) in [7, 11) is -1.93. The summed E-state index contributed by atoms with van der Waals surface area (Å²) in [5.41, 5.74) is 1.31. The van der Waals surface area contributed by atoms with Gasteiger partial charge >= 0.3 is 5.97 Å². The van der Waals surface area contributed by atoms with Gasteiger partial charge in [0, 0.05) is 39.1 Å². The van der Waals surface area contributed by atoms with Crippen molar-refractivity contribution in [3.05, 3.63) is 42.5 Å². The minimum Gasteiger partial charge on any atom is -0.456 e. The van der Waals surface area contributed by atoms with Crippen molar-refractivity contribution in [2.45, 2.75) is 25.0 Å². The van der Waals surface area contributed by atoms with Crippen molar-refractivity contribution in [1.82, 2.24) is 23.8 Å². The Morgan fingerprint density at radius 3 is 2.64 bits per heavy atom. The normalized spacial score (nSPS) is 15.0. The number of hydrogen-bond donors (Lipinski definition) is 0. The molecule has 2 aromatic heterocycles. The Labute approximate surface area is 192 Å². The van der Waals surface area contributed by atoms with E-state index in [0.717, 1.165) is 5.52 Å². The maximum Gasteiger partial charge on any atom is 0.326 e. The highest BCUT2D eigenvalue weighted by atomic mass is 32.2. The fraction of sp³-hybridized carbons (Fsp3) is 0.429. The van der Waals surface area contributed by atoms with Crippen molar-refractivity contribution >= 4 is 33.0 Å². The second kappa shape index (κ2) is 9.81. The van der Waals surface area contributed by atoms with Gasteiger partial charge in [0.05, 0.1) is 29.1 Å². The van der Waals surface area contributed by atoms with E-state index in [2.05, 4.69) is 15.0 Å². The first kappa shape index (κ1) is 23.1. The van der Waals surface area contributed by atoms with Gasteiger partial charge in [-0.15, -0.1) is 0 Å². The highest BCUT2D eigenvalue weighted by molar-refractivity contribution is 7.89. The molecule has 33 heavy (non-hydrogen) atoms. The molecule has 0 spiro atoms. The zero-order chi connectivity index (χ0) is 23.4. The van der Waals surface area contributed by atoms with Gasteiger partial charge in [0.1, 0.15) is 19.0 Å². The molecule has 12 heteroatoms. The molecule has 0 amide bonds. The van der Waals surface area contributed by atoms with Crippen molar-refractivity contribution < 1.29 is 22.7 Å². The lowest BCUT2D eigenvalue weighted by atomic mass is 10.3. The number of ether oxygens (including phenoxy) is 2. The molecule has 1 aliphatic heterocycles. The Balaban J connectivity index is 1.49. The van der Waals surface area contributed by atoms with Crippen molar-refractivity contribution in [2.24, 2.45) is 0 Å². The zero-order valence-corrected chi connectivity index (χ0v) is 19.4. The van der Waals surface area contributed by atoms with E-state index in [4.69, 9.17) is 9.47 Å². The number of benzene rings is 1. The second-order valence-electron chi connectivity index (χ2n) is 7.50. The lowest BCUT2D eigenvalue weighted by molar-refractivity contribution is -0.143. The number of fused-ring (bicyclic) bond motifs is 1. The topological polar surface area (TPSA) is 120 Å². The molecule has 1 saturated heterocycles. The molecule has 0 aliphatic carbocycles. The van der Waals surface area contributed by atoms with E-state index in [9.17, 15) is 13.2 Å². The van der Waals surface area contributed by atoms with Crippen molar-refractivity contribution in [3.8, 4) is 0 Å². The number of nitrogens with zero attached hydrogens (tertiary/aromatic N) is 6. The van der Waals surface area contributed by atoms with Crippen LogP contribution in [0.15, 0.2) is 41.6 Å². The average molecular weight is 475 g/mol. The smallest absolute Gasteiger partial charge is 0.326 e. The molecule has 0 unspecified atom stereocenters. The molecule has 0 saturated carbocycles. The van der Waals surface area contributed by atoms with Crippen LogP contribution in [0.25, 0.3) is 11.0 Å². The van der Waals surface area contributed by atoms with Crippen LogP contribution >= 0.6 is 0 Å². The first-order valence-electron chi connectivity index (χ1n) is 10.6. The largest absolute Gasteiger partial charge is 0.456 e. The van der Waals surface area contributed by atoms with E-state index in [1.165, 1.54) is 4.31 Å². The van der Waals surface area contributed by atoms with E-state index in [-0.39, 0.29) is 18.0 Å². The van der Waals surface area contributed by atoms with Crippen molar-refractivity contribution in [1.29, 1.82) is 0 Å². The molecule has 176 valence electrons. The summed E-state index contributed by atoms with van der Waals surface area (Å²) >= 11 is 0. The van der Waals surface area contributed by atoms with Crippen LogP contribution in [0.1, 0.15) is 12.7 Å². The lowest BCUT2D eigenvalue weighted by Crippen LogP contribution is -2.40. The molecule has 3 heterocycles. The number of carbonyl (C=O) groups excluding carboxylic acids is 1. The minimum atomic E-state index is -3.63. The van der Waals surface area contributed by atoms with Crippen LogP contribution in [-0.2, 0) is 37.4 Å². The summed E-state index contributed by atoms with van der Waals surface area (Å²) in [5, 5.41) is 0. The first-order valence-corrected chi connectivity index (χ1v) is 12.0. The number of sulfonamides is 1. The maximum absolute atomic E-state index is 13.0. The number of aryl methyl sites for hydroxylation is 1. The molecule has 3 aromatic rings. The Bertz CT molecular complexity index is 1220. The third-order valence-corrected chi connectivity index (χ3v) is 7.24. The van der Waals surface area contributed by atoms with Gasteiger partial charge in [-0.05, 0) is 31.2 Å². The number of anilines is 1. The molecule has 0 radical (unpaired) electrons. The quantitative estimate of drug-likeness (QED) is 0.441. The molecule has 1 aliphatic rings. The summed E-state index contributed by atoms with van der Waals surface area (Å²) in [4.78, 5) is 26.9. The highest BCUT2D eigenvalue weighted by Gasteiger charge is 2.27. The van der Waals surface area contributed by atoms with E-state index in [0.29, 0.717) is 50.1 Å². The molecule has 1 fully saturated rings. The molecular formula is C21H26N6O5S. The van der Waals surface area contributed by atoms with Gasteiger partial charge in [-0.2, -0.15) is 4.31 Å². The van der Waals surface area contributed by atoms with Gasteiger partial charge in [0.15, 0.2) is 0 Å². The van der Waals surface area contributed by atoms with Crippen LogP contribution in [0.5, 0.6) is 0 Å². The number of morpholine rings is 1. The van der Waals surface area contributed by atoms with Crippen LogP contribution in [0.2, 0.25) is 0 Å². The van der Waals surface area contributed by atoms with E-state index >= 15 is 0 Å². The minimum absolute atomic E-state index is 0.0156. The van der Waals surface area contributed by atoms with Crippen LogP contribution in [0.3, 0.4) is 0 Å². The number of esters is 1. The van der Waals surface area contributed by atoms with Gasteiger partial charge in [0.25, 0.3) is 0 Å². The van der Waals surface area contributed by atoms with Crippen molar-refractivity contribution in [3.63, 3.8) is 0 Å². The first-order chi connectivity index (χ1) is 15.9. The molecule has 4 rings (SSSR count). The lowest BCUT2D eigenvalue weighted by Gasteiger charge is -2.26. The summed E-state index contributed by atoms with van der Waals surface area (Å²) < 4.78 is 40.0. The number of imidazole rings is 1.